The van der Waals surface area contributed by atoms with Crippen LogP contribution in [-0.4, -0.2) is 95.4 Å². The number of esters is 2. The molecule has 0 aromatic heterocycles. The van der Waals surface area contributed by atoms with Gasteiger partial charge in [0.15, 0.2) is 11.6 Å². The molecule has 0 aliphatic carbocycles. The third-order valence-electron chi connectivity index (χ3n) is 15.8. The fourth-order valence-electron chi connectivity index (χ4n) is 11.9. The van der Waals surface area contributed by atoms with Crippen molar-refractivity contribution in [3.05, 3.63) is 71.8 Å². The van der Waals surface area contributed by atoms with Crippen LogP contribution in [0, 0.1) is 10.8 Å². The van der Waals surface area contributed by atoms with Gasteiger partial charge in [-0.05, 0) is 111 Å². The van der Waals surface area contributed by atoms with Gasteiger partial charge < -0.3 is 28.4 Å². The molecule has 0 bridgehead atoms. The lowest BCUT2D eigenvalue weighted by Crippen LogP contribution is -2.69. The van der Waals surface area contributed by atoms with E-state index in [1.165, 1.54) is 0 Å². The topological polar surface area (TPSA) is 114 Å². The van der Waals surface area contributed by atoms with Crippen molar-refractivity contribution in [1.82, 2.24) is 10.1 Å². The molecule has 12 heteroatoms. The van der Waals surface area contributed by atoms with Crippen LogP contribution in [0.1, 0.15) is 196 Å². The monoisotopic (exact) mass is 949 g/mol. The molecule has 0 saturated carbocycles. The van der Waals surface area contributed by atoms with E-state index in [0.29, 0.717) is 65.0 Å². The number of ether oxygens (including phenoxy) is 6. The summed E-state index contributed by atoms with van der Waals surface area (Å²) in [5.74, 6) is -2.24. The van der Waals surface area contributed by atoms with Gasteiger partial charge in [0.2, 0.25) is 0 Å². The summed E-state index contributed by atoms with van der Waals surface area (Å²) in [6.45, 7) is 28.3. The molecule has 2 spiro atoms. The van der Waals surface area contributed by atoms with Crippen LogP contribution in [0.25, 0.3) is 0 Å². The molecule has 382 valence electrons. The van der Waals surface area contributed by atoms with Crippen molar-refractivity contribution >= 4 is 11.9 Å². The Morgan fingerprint density at radius 3 is 1.43 bits per heavy atom. The van der Waals surface area contributed by atoms with Gasteiger partial charge in [-0.2, -0.15) is 10.1 Å². The molecule has 0 N–H and O–H groups in total. The van der Waals surface area contributed by atoms with E-state index in [1.807, 2.05) is 19.1 Å². The molecule has 2 aromatic rings. The van der Waals surface area contributed by atoms with Crippen LogP contribution in [0.2, 0.25) is 0 Å². The second kappa shape index (κ2) is 22.2. The highest BCUT2D eigenvalue weighted by molar-refractivity contribution is 5.69. The Morgan fingerprint density at radius 2 is 0.971 bits per heavy atom. The summed E-state index contributed by atoms with van der Waals surface area (Å²) in [4.78, 5) is 39.4. The number of rotatable bonds is 21. The van der Waals surface area contributed by atoms with Gasteiger partial charge in [-0.1, -0.05) is 108 Å². The first-order chi connectivity index (χ1) is 32.1. The first-order valence-electron chi connectivity index (χ1n) is 26.0. The van der Waals surface area contributed by atoms with Crippen molar-refractivity contribution in [2.75, 3.05) is 39.6 Å². The zero-order chi connectivity index (χ0) is 49.5. The van der Waals surface area contributed by atoms with E-state index < -0.39 is 17.0 Å². The average molecular weight is 949 g/mol. The summed E-state index contributed by atoms with van der Waals surface area (Å²) >= 11 is 0. The summed E-state index contributed by atoms with van der Waals surface area (Å²) in [6.07, 6.45) is 10.2. The number of hydrogen-bond donors (Lipinski definition) is 0. The quantitative estimate of drug-likeness (QED) is 0.0876. The van der Waals surface area contributed by atoms with E-state index in [0.717, 1.165) is 62.5 Å². The minimum absolute atomic E-state index is 0.0436. The Hall–Kier alpha value is -2.94. The number of unbranched alkanes of at least 4 members (excludes halogenated alkanes) is 3. The van der Waals surface area contributed by atoms with Crippen LogP contribution in [0.5, 0.6) is 0 Å². The molecule has 4 saturated heterocycles. The first kappa shape index (κ1) is 54.4. The number of nitrogens with zero attached hydrogens (tertiary/aromatic N) is 2. The summed E-state index contributed by atoms with van der Waals surface area (Å²) in [5, 5.41) is 4.53. The second-order valence-electron chi connectivity index (χ2n) is 22.8. The normalized spacial score (nSPS) is 28.5. The summed E-state index contributed by atoms with van der Waals surface area (Å²) in [7, 11) is 0. The zero-order valence-electron chi connectivity index (χ0n) is 44.0. The average Bonchev–Trinajstić information content (AvgIpc) is 3.33. The first-order valence-corrected chi connectivity index (χ1v) is 26.0. The molecular weight excluding hydrogens is 861 g/mol. The van der Waals surface area contributed by atoms with E-state index in [2.05, 4.69) is 135 Å². The second-order valence-corrected chi connectivity index (χ2v) is 22.8. The maximum absolute atomic E-state index is 12.9. The summed E-state index contributed by atoms with van der Waals surface area (Å²) in [5.41, 5.74) is 0.576. The summed E-state index contributed by atoms with van der Waals surface area (Å²) < 4.78 is 37.9. The molecule has 6 rings (SSSR count). The van der Waals surface area contributed by atoms with Gasteiger partial charge in [-0.25, -0.2) is 0 Å². The minimum Gasteiger partial charge on any atom is -0.465 e. The van der Waals surface area contributed by atoms with Crippen molar-refractivity contribution in [3.8, 4) is 0 Å². The fraction of sp³-hybridized carbons (Fsp3) is 0.750. The van der Waals surface area contributed by atoms with Crippen molar-refractivity contribution in [1.29, 1.82) is 0 Å². The van der Waals surface area contributed by atoms with E-state index in [-0.39, 0.29) is 64.9 Å². The van der Waals surface area contributed by atoms with Crippen LogP contribution in [0.3, 0.4) is 0 Å². The highest BCUT2D eigenvalue weighted by Crippen LogP contribution is 2.55. The fourth-order valence-corrected chi connectivity index (χ4v) is 11.9. The van der Waals surface area contributed by atoms with Crippen LogP contribution >= 0.6 is 0 Å². The molecule has 2 aromatic carbocycles. The van der Waals surface area contributed by atoms with Crippen molar-refractivity contribution in [2.45, 2.75) is 219 Å². The lowest BCUT2D eigenvalue weighted by Gasteiger charge is -2.62. The van der Waals surface area contributed by atoms with Crippen LogP contribution in [-0.2, 0) is 47.7 Å². The van der Waals surface area contributed by atoms with Crippen LogP contribution < -0.4 is 0 Å². The number of piperidine rings is 2. The maximum atomic E-state index is 12.9. The maximum Gasteiger partial charge on any atom is 0.305 e. The van der Waals surface area contributed by atoms with Crippen molar-refractivity contribution < 1.29 is 47.7 Å². The van der Waals surface area contributed by atoms with Gasteiger partial charge >= 0.3 is 11.9 Å². The third kappa shape index (κ3) is 12.7. The minimum atomic E-state index is -1.00. The number of carbonyl (C=O) groups excluding carboxylic acids is 2. The van der Waals surface area contributed by atoms with Gasteiger partial charge in [-0.15, -0.1) is 0 Å². The highest BCUT2D eigenvalue weighted by atomic mass is 16.7. The van der Waals surface area contributed by atoms with Crippen LogP contribution in [0.4, 0.5) is 0 Å². The Labute approximate surface area is 409 Å². The number of hydroxylamine groups is 4. The van der Waals surface area contributed by atoms with Gasteiger partial charge in [0.1, 0.15) is 25.4 Å². The van der Waals surface area contributed by atoms with Gasteiger partial charge in [0.25, 0.3) is 0 Å². The Bertz CT molecular complexity index is 1760. The predicted octanol–water partition coefficient (Wildman–Crippen LogP) is 12.2. The van der Waals surface area contributed by atoms with Gasteiger partial charge in [0, 0.05) is 53.1 Å². The van der Waals surface area contributed by atoms with Crippen molar-refractivity contribution in [3.63, 3.8) is 0 Å². The Kier molecular flexibility index (Phi) is 17.8. The molecule has 12 nitrogen and oxygen atoms in total. The molecule has 0 amide bonds. The lowest BCUT2D eigenvalue weighted by atomic mass is 9.63. The lowest BCUT2D eigenvalue weighted by molar-refractivity contribution is -0.395. The largest absolute Gasteiger partial charge is 0.465 e. The Balaban J connectivity index is 0.868. The molecule has 4 aliphatic heterocycles. The summed E-state index contributed by atoms with van der Waals surface area (Å²) in [6, 6.07) is 20.8. The van der Waals surface area contributed by atoms with Crippen LogP contribution in [0.15, 0.2) is 60.7 Å². The molecule has 4 heterocycles. The van der Waals surface area contributed by atoms with Gasteiger partial charge in [-0.3, -0.25) is 19.3 Å². The number of benzene rings is 2. The van der Waals surface area contributed by atoms with E-state index >= 15 is 0 Å². The SMILES string of the molecule is CCC1(CC)CC2(COC(C)(COC(=O)CCCCCCC(=O)OCC3(C)COC4(CC(C)(C)N(OC(C)c5ccccc5)C(CC)(CC)C4)OC3)OC2)CC(C)(C)N1OC(C)c1ccccc1. The molecule has 4 fully saturated rings. The molecule has 2 unspecified atom stereocenters. The number of hydrogen-bond acceptors (Lipinski definition) is 12. The standard InChI is InChI=1S/C56H88N2O10/c1-13-54(14-2)35-53(33-49(7,8)57(54)67-43(5)45-27-21-19-22-28-45)41-63-52(12,64-42-53)40-62-48(60)32-26-18-17-25-31-47(59)61-37-51(11)38-65-56(66-39-51)34-50(9,10)58(55(15-3,16-4)36-56)68-44(6)46-29-23-20-24-30-46/h19-24,27-30,43-44H,13-18,25-26,31-42H2,1-12H3. The molecule has 4 aliphatic rings. The molecule has 2 atom stereocenters. The Morgan fingerprint density at radius 1 is 0.544 bits per heavy atom. The highest BCUT2D eigenvalue weighted by Gasteiger charge is 2.61. The predicted molar refractivity (Wildman–Crippen MR) is 264 cm³/mol. The van der Waals surface area contributed by atoms with E-state index in [9.17, 15) is 9.59 Å². The molecular formula is C56H88N2O10. The smallest absolute Gasteiger partial charge is 0.305 e. The van der Waals surface area contributed by atoms with Crippen molar-refractivity contribution in [2.24, 2.45) is 10.8 Å². The zero-order valence-corrected chi connectivity index (χ0v) is 44.0. The molecule has 68 heavy (non-hydrogen) atoms. The number of carbonyl (C=O) groups is 2. The molecule has 0 radical (unpaired) electrons. The van der Waals surface area contributed by atoms with Gasteiger partial charge in [0.05, 0.1) is 32.0 Å². The third-order valence-corrected chi connectivity index (χ3v) is 15.8. The van der Waals surface area contributed by atoms with E-state index in [4.69, 9.17) is 38.1 Å². The van der Waals surface area contributed by atoms with E-state index in [1.54, 1.807) is 0 Å².